The summed E-state index contributed by atoms with van der Waals surface area (Å²) in [6.45, 7) is 2.84. The van der Waals surface area contributed by atoms with Gasteiger partial charge in [0.05, 0.1) is 25.8 Å². The first kappa shape index (κ1) is 23.6. The summed E-state index contributed by atoms with van der Waals surface area (Å²) in [7, 11) is 6.86. The molecule has 1 saturated heterocycles. The number of aliphatic hydroxyl groups excluding tert-OH is 1. The van der Waals surface area contributed by atoms with Crippen LogP contribution in [0.3, 0.4) is 0 Å². The van der Waals surface area contributed by atoms with Crippen LogP contribution in [0.5, 0.6) is 17.2 Å². The zero-order chi connectivity index (χ0) is 24.6. The molecule has 2 heterocycles. The zero-order valence-corrected chi connectivity index (χ0v) is 20.1. The predicted octanol–water partition coefficient (Wildman–Crippen LogP) is 3.01. The quantitative estimate of drug-likeness (QED) is 0.381. The van der Waals surface area contributed by atoms with Crippen LogP contribution < -0.4 is 14.2 Å². The number of carbonyl (C=O) groups excluding carboxylic acids is 2. The Kier molecular flexibility index (Phi) is 6.52. The molecule has 0 radical (unpaired) electrons. The molecule has 1 amide bonds. The number of amides is 1. The molecule has 2 atom stereocenters. The van der Waals surface area contributed by atoms with E-state index in [0.29, 0.717) is 42.1 Å². The first-order valence-corrected chi connectivity index (χ1v) is 11.2. The number of nitrogens with zero attached hydrogens (tertiary/aromatic N) is 2. The molecule has 180 valence electrons. The van der Waals surface area contributed by atoms with E-state index in [0.717, 1.165) is 11.3 Å². The molecular weight excluding hydrogens is 436 g/mol. The molecule has 8 heteroatoms. The molecule has 8 nitrogen and oxygen atoms in total. The highest BCUT2D eigenvalue weighted by Gasteiger charge is 2.47. The normalized spacial score (nSPS) is 21.1. The second-order valence-corrected chi connectivity index (χ2v) is 8.86. The molecule has 0 saturated carbocycles. The lowest BCUT2D eigenvalue weighted by atomic mass is 9.93. The van der Waals surface area contributed by atoms with Gasteiger partial charge >= 0.3 is 0 Å². The van der Waals surface area contributed by atoms with Crippen molar-refractivity contribution in [2.24, 2.45) is 0 Å². The minimum atomic E-state index is -0.802. The van der Waals surface area contributed by atoms with E-state index in [1.807, 2.05) is 32.0 Å². The first-order valence-electron chi connectivity index (χ1n) is 11.2. The lowest BCUT2D eigenvalue weighted by Crippen LogP contribution is -2.35. The number of methoxy groups -OCH3 is 2. The standard InChI is InChI=1S/C26H30N2O6/c1-15-12-17-13-16(6-9-20(17)34-15)24(29)22-23(19-8-7-18(32-4)14-21(19)33-5)28(11-10-27(2)3)26(31)25(22)30/h6-9,13-15,23,29H,10-12H2,1-5H3. The van der Waals surface area contributed by atoms with E-state index in [2.05, 4.69) is 0 Å². The molecule has 2 aromatic carbocycles. The van der Waals surface area contributed by atoms with Crippen molar-refractivity contribution in [3.8, 4) is 17.2 Å². The fraction of sp³-hybridized carbons (Fsp3) is 0.385. The molecule has 2 unspecified atom stereocenters. The summed E-state index contributed by atoms with van der Waals surface area (Å²) in [4.78, 5) is 29.8. The van der Waals surface area contributed by atoms with E-state index in [1.54, 1.807) is 37.4 Å². The average molecular weight is 467 g/mol. The third-order valence-corrected chi connectivity index (χ3v) is 6.23. The molecule has 0 bridgehead atoms. The summed E-state index contributed by atoms with van der Waals surface area (Å²) in [5, 5.41) is 11.4. The molecule has 34 heavy (non-hydrogen) atoms. The number of fused-ring (bicyclic) bond motifs is 1. The monoisotopic (exact) mass is 466 g/mol. The maximum absolute atomic E-state index is 13.3. The number of aliphatic hydroxyl groups is 1. The van der Waals surface area contributed by atoms with E-state index in [1.165, 1.54) is 12.0 Å². The van der Waals surface area contributed by atoms with Gasteiger partial charge in [0, 0.05) is 36.7 Å². The number of rotatable bonds is 7. The van der Waals surface area contributed by atoms with E-state index >= 15 is 0 Å². The highest BCUT2D eigenvalue weighted by Crippen LogP contribution is 2.44. The number of hydrogen-bond acceptors (Lipinski definition) is 7. The van der Waals surface area contributed by atoms with Crippen molar-refractivity contribution < 1.29 is 28.9 Å². The van der Waals surface area contributed by atoms with Crippen LogP contribution in [0, 0.1) is 0 Å². The fourth-order valence-electron chi connectivity index (χ4n) is 4.51. The summed E-state index contributed by atoms with van der Waals surface area (Å²) < 4.78 is 16.7. The average Bonchev–Trinajstić information content (AvgIpc) is 3.32. The largest absolute Gasteiger partial charge is 0.507 e. The van der Waals surface area contributed by atoms with Crippen LogP contribution >= 0.6 is 0 Å². The van der Waals surface area contributed by atoms with Gasteiger partial charge in [-0.05, 0) is 56.9 Å². The van der Waals surface area contributed by atoms with Gasteiger partial charge in [0.25, 0.3) is 11.7 Å². The number of hydrogen-bond donors (Lipinski definition) is 1. The third kappa shape index (κ3) is 4.21. The SMILES string of the molecule is COc1ccc(C2C(=C(O)c3ccc4c(c3)CC(C)O4)C(=O)C(=O)N2CCN(C)C)c(OC)c1. The summed E-state index contributed by atoms with van der Waals surface area (Å²) in [6, 6.07) is 9.74. The number of likely N-dealkylation sites (N-methyl/N-ethyl adjacent to an activating group) is 1. The van der Waals surface area contributed by atoms with Crippen molar-refractivity contribution in [2.45, 2.75) is 25.5 Å². The number of likely N-dealkylation sites (tertiary alicyclic amines) is 1. The van der Waals surface area contributed by atoms with E-state index in [-0.39, 0.29) is 17.4 Å². The number of ether oxygens (including phenoxy) is 3. The molecule has 2 aromatic rings. The summed E-state index contributed by atoms with van der Waals surface area (Å²) in [5.41, 5.74) is 2.07. The van der Waals surface area contributed by atoms with Gasteiger partial charge in [-0.1, -0.05) is 0 Å². The smallest absolute Gasteiger partial charge is 0.295 e. The maximum atomic E-state index is 13.3. The summed E-state index contributed by atoms with van der Waals surface area (Å²) in [6.07, 6.45) is 0.760. The second kappa shape index (κ2) is 9.38. The van der Waals surface area contributed by atoms with Crippen LogP contribution in [0.15, 0.2) is 42.0 Å². The van der Waals surface area contributed by atoms with Crippen LogP contribution in [0.4, 0.5) is 0 Å². The Morgan fingerprint density at radius 1 is 1.15 bits per heavy atom. The minimum absolute atomic E-state index is 0.0409. The fourth-order valence-corrected chi connectivity index (χ4v) is 4.51. The van der Waals surface area contributed by atoms with Crippen molar-refractivity contribution in [1.29, 1.82) is 0 Å². The Morgan fingerprint density at radius 3 is 2.59 bits per heavy atom. The van der Waals surface area contributed by atoms with Crippen molar-refractivity contribution >= 4 is 17.4 Å². The van der Waals surface area contributed by atoms with Gasteiger partial charge in [0.2, 0.25) is 0 Å². The van der Waals surface area contributed by atoms with Crippen molar-refractivity contribution in [1.82, 2.24) is 9.80 Å². The van der Waals surface area contributed by atoms with Gasteiger partial charge in [-0.25, -0.2) is 0 Å². The van der Waals surface area contributed by atoms with E-state index in [4.69, 9.17) is 14.2 Å². The Hall–Kier alpha value is -3.52. The van der Waals surface area contributed by atoms with Crippen LogP contribution in [-0.2, 0) is 16.0 Å². The molecule has 1 N–H and O–H groups in total. The number of benzene rings is 2. The van der Waals surface area contributed by atoms with Crippen LogP contribution in [-0.4, -0.2) is 74.1 Å². The molecular formula is C26H30N2O6. The van der Waals surface area contributed by atoms with Crippen molar-refractivity contribution in [3.63, 3.8) is 0 Å². The molecule has 0 spiro atoms. The van der Waals surface area contributed by atoms with Gasteiger partial charge in [-0.15, -0.1) is 0 Å². The van der Waals surface area contributed by atoms with Gasteiger partial charge < -0.3 is 29.1 Å². The molecule has 2 aliphatic rings. The maximum Gasteiger partial charge on any atom is 0.295 e. The minimum Gasteiger partial charge on any atom is -0.507 e. The van der Waals surface area contributed by atoms with Crippen LogP contribution in [0.2, 0.25) is 0 Å². The number of Topliss-reactive ketones (excluding diaryl/α,β-unsaturated/α-hetero) is 1. The van der Waals surface area contributed by atoms with Crippen molar-refractivity contribution in [3.05, 3.63) is 58.7 Å². The van der Waals surface area contributed by atoms with E-state index < -0.39 is 17.7 Å². The molecule has 2 aliphatic heterocycles. The Bertz CT molecular complexity index is 1160. The first-order chi connectivity index (χ1) is 16.2. The molecule has 0 aromatic heterocycles. The van der Waals surface area contributed by atoms with Crippen molar-refractivity contribution in [2.75, 3.05) is 41.4 Å². The number of carbonyl (C=O) groups is 2. The lowest BCUT2D eigenvalue weighted by Gasteiger charge is -2.27. The van der Waals surface area contributed by atoms with Gasteiger partial charge in [0.15, 0.2) is 0 Å². The number of ketones is 1. The second-order valence-electron chi connectivity index (χ2n) is 8.86. The Labute approximate surface area is 199 Å². The van der Waals surface area contributed by atoms with E-state index in [9.17, 15) is 14.7 Å². The topological polar surface area (TPSA) is 88.5 Å². The predicted molar refractivity (Wildman–Crippen MR) is 127 cm³/mol. The van der Waals surface area contributed by atoms with Gasteiger partial charge in [-0.3, -0.25) is 9.59 Å². The molecule has 0 aliphatic carbocycles. The molecule has 4 rings (SSSR count). The highest BCUT2D eigenvalue weighted by atomic mass is 16.5. The van der Waals surface area contributed by atoms with Crippen LogP contribution in [0.1, 0.15) is 29.7 Å². The Morgan fingerprint density at radius 2 is 1.91 bits per heavy atom. The van der Waals surface area contributed by atoms with Gasteiger partial charge in [-0.2, -0.15) is 0 Å². The Balaban J connectivity index is 1.87. The zero-order valence-electron chi connectivity index (χ0n) is 20.1. The molecule has 1 fully saturated rings. The third-order valence-electron chi connectivity index (χ3n) is 6.23. The summed E-state index contributed by atoms with van der Waals surface area (Å²) in [5.74, 6) is 0.232. The highest BCUT2D eigenvalue weighted by molar-refractivity contribution is 6.46. The summed E-state index contributed by atoms with van der Waals surface area (Å²) >= 11 is 0. The van der Waals surface area contributed by atoms with Crippen LogP contribution in [0.25, 0.3) is 5.76 Å². The van der Waals surface area contributed by atoms with Gasteiger partial charge in [0.1, 0.15) is 29.1 Å². The lowest BCUT2D eigenvalue weighted by molar-refractivity contribution is -0.140.